The van der Waals surface area contributed by atoms with Crippen molar-refractivity contribution in [2.45, 2.75) is 20.3 Å². The average Bonchev–Trinajstić information content (AvgIpc) is 2.18. The van der Waals surface area contributed by atoms with Crippen molar-refractivity contribution < 1.29 is 14.6 Å². The van der Waals surface area contributed by atoms with Gasteiger partial charge < -0.3 is 9.84 Å². The fraction of sp³-hybridized carbons (Fsp3) is 0.417. The SMILES string of the molecule is CCOc1cccc(CC(C)C(=O)O)c1. The molecule has 1 unspecified atom stereocenters. The van der Waals surface area contributed by atoms with Gasteiger partial charge in [-0.15, -0.1) is 0 Å². The molecule has 0 saturated heterocycles. The summed E-state index contributed by atoms with van der Waals surface area (Å²) >= 11 is 0. The molecule has 0 saturated carbocycles. The molecule has 3 nitrogen and oxygen atoms in total. The van der Waals surface area contributed by atoms with Crippen LogP contribution < -0.4 is 4.74 Å². The van der Waals surface area contributed by atoms with Crippen LogP contribution in [0.25, 0.3) is 0 Å². The maximum atomic E-state index is 10.7. The van der Waals surface area contributed by atoms with Crippen molar-refractivity contribution in [2.75, 3.05) is 6.61 Å². The van der Waals surface area contributed by atoms with Gasteiger partial charge in [-0.25, -0.2) is 0 Å². The maximum absolute atomic E-state index is 10.7. The molecule has 0 aliphatic rings. The zero-order chi connectivity index (χ0) is 11.3. The highest BCUT2D eigenvalue weighted by atomic mass is 16.5. The summed E-state index contributed by atoms with van der Waals surface area (Å²) in [5, 5.41) is 8.78. The molecule has 0 amide bonds. The van der Waals surface area contributed by atoms with Gasteiger partial charge in [0.1, 0.15) is 5.75 Å². The van der Waals surface area contributed by atoms with Crippen molar-refractivity contribution in [1.29, 1.82) is 0 Å². The highest BCUT2D eigenvalue weighted by molar-refractivity contribution is 5.69. The molecule has 0 fully saturated rings. The van der Waals surface area contributed by atoms with Gasteiger partial charge in [-0.1, -0.05) is 19.1 Å². The number of carboxylic acid groups (broad SMARTS) is 1. The predicted molar refractivity (Wildman–Crippen MR) is 58.1 cm³/mol. The number of benzene rings is 1. The second-order valence-corrected chi connectivity index (χ2v) is 3.52. The molecule has 15 heavy (non-hydrogen) atoms. The minimum atomic E-state index is -0.767. The summed E-state index contributed by atoms with van der Waals surface area (Å²) in [6.07, 6.45) is 0.538. The second kappa shape index (κ2) is 5.39. The van der Waals surface area contributed by atoms with Crippen molar-refractivity contribution >= 4 is 5.97 Å². The Bertz CT molecular complexity index is 333. The Hall–Kier alpha value is -1.51. The summed E-state index contributed by atoms with van der Waals surface area (Å²) in [4.78, 5) is 10.7. The first-order valence-electron chi connectivity index (χ1n) is 5.08. The fourth-order valence-corrected chi connectivity index (χ4v) is 1.37. The molecular formula is C12H16O3. The van der Waals surface area contributed by atoms with Crippen LogP contribution in [0.15, 0.2) is 24.3 Å². The van der Waals surface area contributed by atoms with Gasteiger partial charge >= 0.3 is 5.97 Å². The largest absolute Gasteiger partial charge is 0.494 e. The van der Waals surface area contributed by atoms with Crippen LogP contribution in [0.2, 0.25) is 0 Å². The Balaban J connectivity index is 2.68. The molecule has 0 aliphatic carbocycles. The van der Waals surface area contributed by atoms with Crippen LogP contribution in [0.3, 0.4) is 0 Å². The number of ether oxygens (including phenoxy) is 1. The summed E-state index contributed by atoms with van der Waals surface area (Å²) in [5.41, 5.74) is 0.996. The number of carbonyl (C=O) groups is 1. The number of hydrogen-bond acceptors (Lipinski definition) is 2. The molecule has 0 radical (unpaired) electrons. The fourth-order valence-electron chi connectivity index (χ4n) is 1.37. The third kappa shape index (κ3) is 3.62. The number of carboxylic acids is 1. The van der Waals surface area contributed by atoms with E-state index in [1.165, 1.54) is 0 Å². The van der Waals surface area contributed by atoms with E-state index in [1.807, 2.05) is 31.2 Å². The van der Waals surface area contributed by atoms with Crippen LogP contribution in [0, 0.1) is 5.92 Å². The topological polar surface area (TPSA) is 46.5 Å². The summed E-state index contributed by atoms with van der Waals surface area (Å²) in [6, 6.07) is 7.57. The number of hydrogen-bond donors (Lipinski definition) is 1. The van der Waals surface area contributed by atoms with Gasteiger partial charge in [-0.2, -0.15) is 0 Å². The molecule has 1 aromatic rings. The normalized spacial score (nSPS) is 12.1. The minimum absolute atomic E-state index is 0.359. The van der Waals surface area contributed by atoms with E-state index in [9.17, 15) is 4.79 Å². The summed E-state index contributed by atoms with van der Waals surface area (Å²) in [5.74, 6) is -0.328. The molecule has 1 aromatic carbocycles. The maximum Gasteiger partial charge on any atom is 0.306 e. The van der Waals surface area contributed by atoms with Crippen molar-refractivity contribution in [3.63, 3.8) is 0 Å². The lowest BCUT2D eigenvalue weighted by Gasteiger charge is -2.08. The van der Waals surface area contributed by atoms with E-state index in [2.05, 4.69) is 0 Å². The van der Waals surface area contributed by atoms with E-state index >= 15 is 0 Å². The lowest BCUT2D eigenvalue weighted by Crippen LogP contribution is -2.12. The van der Waals surface area contributed by atoms with Gasteiger partial charge in [0.05, 0.1) is 12.5 Å². The van der Waals surface area contributed by atoms with Gasteiger partial charge in [0, 0.05) is 0 Å². The Morgan fingerprint density at radius 3 is 2.87 bits per heavy atom. The highest BCUT2D eigenvalue weighted by Crippen LogP contribution is 2.16. The summed E-state index contributed by atoms with van der Waals surface area (Å²) in [6.45, 7) is 4.25. The minimum Gasteiger partial charge on any atom is -0.494 e. The van der Waals surface area contributed by atoms with Crippen molar-refractivity contribution in [3.8, 4) is 5.75 Å². The van der Waals surface area contributed by atoms with Crippen LogP contribution in [0.5, 0.6) is 5.75 Å². The molecule has 1 atom stereocenters. The molecule has 82 valence electrons. The van der Waals surface area contributed by atoms with Crippen LogP contribution in [-0.2, 0) is 11.2 Å². The second-order valence-electron chi connectivity index (χ2n) is 3.52. The molecule has 0 aliphatic heterocycles. The molecule has 0 spiro atoms. The lowest BCUT2D eigenvalue weighted by molar-refractivity contribution is -0.141. The van der Waals surface area contributed by atoms with E-state index in [-0.39, 0.29) is 5.92 Å². The number of aliphatic carboxylic acids is 1. The molecule has 3 heteroatoms. The van der Waals surface area contributed by atoms with E-state index in [0.29, 0.717) is 13.0 Å². The Kier molecular flexibility index (Phi) is 4.16. The highest BCUT2D eigenvalue weighted by Gasteiger charge is 2.11. The standard InChI is InChI=1S/C12H16O3/c1-3-15-11-6-4-5-10(8-11)7-9(2)12(13)14/h4-6,8-9H,3,7H2,1-2H3,(H,13,14). The molecule has 0 aromatic heterocycles. The third-order valence-electron chi connectivity index (χ3n) is 2.17. The molecule has 1 N–H and O–H groups in total. The smallest absolute Gasteiger partial charge is 0.306 e. The number of rotatable bonds is 5. The van der Waals surface area contributed by atoms with Gasteiger partial charge in [0.15, 0.2) is 0 Å². The quantitative estimate of drug-likeness (QED) is 0.807. The first-order valence-corrected chi connectivity index (χ1v) is 5.08. The van der Waals surface area contributed by atoms with Crippen LogP contribution >= 0.6 is 0 Å². The molecule has 0 heterocycles. The van der Waals surface area contributed by atoms with E-state index in [0.717, 1.165) is 11.3 Å². The molecule has 1 rings (SSSR count). The Morgan fingerprint density at radius 2 is 2.27 bits per heavy atom. The van der Waals surface area contributed by atoms with Gasteiger partial charge in [0.25, 0.3) is 0 Å². The molecule has 0 bridgehead atoms. The van der Waals surface area contributed by atoms with E-state index in [1.54, 1.807) is 6.92 Å². The first-order chi connectivity index (χ1) is 7.13. The predicted octanol–water partition coefficient (Wildman–Crippen LogP) is 2.35. The zero-order valence-electron chi connectivity index (χ0n) is 9.06. The monoisotopic (exact) mass is 208 g/mol. The average molecular weight is 208 g/mol. The van der Waals surface area contributed by atoms with Gasteiger partial charge in [-0.3, -0.25) is 4.79 Å². The van der Waals surface area contributed by atoms with Crippen molar-refractivity contribution in [2.24, 2.45) is 5.92 Å². The first kappa shape index (κ1) is 11.6. The lowest BCUT2D eigenvalue weighted by atomic mass is 10.0. The van der Waals surface area contributed by atoms with E-state index < -0.39 is 5.97 Å². The molecular weight excluding hydrogens is 192 g/mol. The summed E-state index contributed by atoms with van der Waals surface area (Å²) < 4.78 is 5.34. The van der Waals surface area contributed by atoms with Crippen molar-refractivity contribution in [3.05, 3.63) is 29.8 Å². The van der Waals surface area contributed by atoms with Crippen LogP contribution in [-0.4, -0.2) is 17.7 Å². The Labute approximate surface area is 89.7 Å². The van der Waals surface area contributed by atoms with Crippen LogP contribution in [0.1, 0.15) is 19.4 Å². The van der Waals surface area contributed by atoms with E-state index in [4.69, 9.17) is 9.84 Å². The van der Waals surface area contributed by atoms with Crippen molar-refractivity contribution in [1.82, 2.24) is 0 Å². The zero-order valence-corrected chi connectivity index (χ0v) is 9.06. The van der Waals surface area contributed by atoms with Gasteiger partial charge in [0.2, 0.25) is 0 Å². The van der Waals surface area contributed by atoms with Crippen LogP contribution in [0.4, 0.5) is 0 Å². The van der Waals surface area contributed by atoms with Gasteiger partial charge in [-0.05, 0) is 31.0 Å². The third-order valence-corrected chi connectivity index (χ3v) is 2.17. The summed E-state index contributed by atoms with van der Waals surface area (Å²) in [7, 11) is 0. The Morgan fingerprint density at radius 1 is 1.53 bits per heavy atom.